The maximum Gasteiger partial charge on any atom is 0.329 e. The number of fused-ring (bicyclic) bond motifs is 1. The first-order chi connectivity index (χ1) is 9.56. The molecule has 0 aliphatic rings. The second kappa shape index (κ2) is 4.61. The zero-order valence-corrected chi connectivity index (χ0v) is 11.3. The summed E-state index contributed by atoms with van der Waals surface area (Å²) in [6.45, 7) is 0. The summed E-state index contributed by atoms with van der Waals surface area (Å²) in [4.78, 5) is 30.4. The highest BCUT2D eigenvalue weighted by molar-refractivity contribution is 6.30. The fourth-order valence-electron chi connectivity index (χ4n) is 1.97. The van der Waals surface area contributed by atoms with Crippen LogP contribution in [0.5, 0.6) is 0 Å². The molecular weight excluding hydrogens is 278 g/mol. The Balaban J connectivity index is 2.26. The average molecular weight is 288 g/mol. The van der Waals surface area contributed by atoms with Crippen molar-refractivity contribution in [2.45, 2.75) is 0 Å². The van der Waals surface area contributed by atoms with Gasteiger partial charge in [-0.3, -0.25) is 14.3 Å². The van der Waals surface area contributed by atoms with Crippen LogP contribution >= 0.6 is 11.6 Å². The molecule has 5 nitrogen and oxygen atoms in total. The standard InChI is InChI=1S/C14H10ClN3O2/c1-18-13(19)10-6-7-11(16-12(10)17-14(18)20)8-2-4-9(15)5-3-8/h2-7H,1H3,(H,16,17,20). The molecule has 20 heavy (non-hydrogen) atoms. The molecule has 6 heteroatoms. The molecule has 0 atom stereocenters. The molecule has 0 radical (unpaired) electrons. The fourth-order valence-corrected chi connectivity index (χ4v) is 2.09. The van der Waals surface area contributed by atoms with Crippen molar-refractivity contribution in [1.29, 1.82) is 0 Å². The second-order valence-electron chi connectivity index (χ2n) is 4.39. The third kappa shape index (κ3) is 2.02. The van der Waals surface area contributed by atoms with Crippen LogP contribution in [0.4, 0.5) is 0 Å². The third-order valence-corrected chi connectivity index (χ3v) is 3.35. The van der Waals surface area contributed by atoms with Crippen molar-refractivity contribution in [3.63, 3.8) is 0 Å². The molecule has 0 aliphatic heterocycles. The van der Waals surface area contributed by atoms with E-state index in [0.717, 1.165) is 10.1 Å². The Labute approximate surface area is 118 Å². The number of hydrogen-bond acceptors (Lipinski definition) is 3. The highest BCUT2D eigenvalue weighted by Crippen LogP contribution is 2.20. The lowest BCUT2D eigenvalue weighted by Crippen LogP contribution is -2.32. The van der Waals surface area contributed by atoms with Crippen molar-refractivity contribution in [3.05, 3.63) is 62.3 Å². The molecule has 2 heterocycles. The van der Waals surface area contributed by atoms with Crippen molar-refractivity contribution >= 4 is 22.6 Å². The maximum absolute atomic E-state index is 11.9. The number of nitrogens with one attached hydrogen (secondary N) is 1. The second-order valence-corrected chi connectivity index (χ2v) is 4.83. The Morgan fingerprint density at radius 1 is 1.10 bits per heavy atom. The van der Waals surface area contributed by atoms with E-state index in [0.29, 0.717) is 16.1 Å². The number of aromatic nitrogens is 3. The largest absolute Gasteiger partial charge is 0.329 e. The Hall–Kier alpha value is -2.40. The van der Waals surface area contributed by atoms with E-state index in [2.05, 4.69) is 9.97 Å². The third-order valence-electron chi connectivity index (χ3n) is 3.10. The number of rotatable bonds is 1. The van der Waals surface area contributed by atoms with Gasteiger partial charge in [0.05, 0.1) is 11.1 Å². The van der Waals surface area contributed by atoms with Crippen molar-refractivity contribution in [2.24, 2.45) is 7.05 Å². The van der Waals surface area contributed by atoms with Crippen LogP contribution in [0.25, 0.3) is 22.3 Å². The molecule has 1 aromatic carbocycles. The van der Waals surface area contributed by atoms with Gasteiger partial charge in [-0.2, -0.15) is 0 Å². The van der Waals surface area contributed by atoms with E-state index in [1.54, 1.807) is 24.3 Å². The van der Waals surface area contributed by atoms with E-state index in [1.807, 2.05) is 12.1 Å². The van der Waals surface area contributed by atoms with Crippen LogP contribution in [0, 0.1) is 0 Å². The number of H-pyrrole nitrogens is 1. The van der Waals surface area contributed by atoms with Crippen molar-refractivity contribution in [1.82, 2.24) is 14.5 Å². The van der Waals surface area contributed by atoms with Gasteiger partial charge in [-0.15, -0.1) is 0 Å². The highest BCUT2D eigenvalue weighted by Gasteiger charge is 2.07. The van der Waals surface area contributed by atoms with Gasteiger partial charge in [-0.1, -0.05) is 23.7 Å². The topological polar surface area (TPSA) is 67.8 Å². The summed E-state index contributed by atoms with van der Waals surface area (Å²) < 4.78 is 1.02. The molecule has 0 fully saturated rings. The van der Waals surface area contributed by atoms with Crippen LogP contribution in [0.15, 0.2) is 46.0 Å². The molecular formula is C14H10ClN3O2. The first kappa shape index (κ1) is 12.6. The number of pyridine rings is 1. The lowest BCUT2D eigenvalue weighted by molar-refractivity contribution is 0.791. The van der Waals surface area contributed by atoms with E-state index in [-0.39, 0.29) is 11.2 Å². The molecule has 100 valence electrons. The Bertz CT molecular complexity index is 910. The SMILES string of the molecule is Cn1c(=O)[nH]c2nc(-c3ccc(Cl)cc3)ccc2c1=O. The molecule has 3 aromatic rings. The van der Waals surface area contributed by atoms with Crippen LogP contribution in [0.2, 0.25) is 5.02 Å². The van der Waals surface area contributed by atoms with Crippen molar-refractivity contribution in [2.75, 3.05) is 0 Å². The molecule has 1 N–H and O–H groups in total. The number of aromatic amines is 1. The number of halogens is 1. The van der Waals surface area contributed by atoms with E-state index in [4.69, 9.17) is 11.6 Å². The number of hydrogen-bond donors (Lipinski definition) is 1. The Morgan fingerprint density at radius 2 is 1.80 bits per heavy atom. The summed E-state index contributed by atoms with van der Waals surface area (Å²) in [6.07, 6.45) is 0. The van der Waals surface area contributed by atoms with Gasteiger partial charge in [0.25, 0.3) is 5.56 Å². The monoisotopic (exact) mass is 287 g/mol. The Morgan fingerprint density at radius 3 is 2.50 bits per heavy atom. The van der Waals surface area contributed by atoms with E-state index >= 15 is 0 Å². The van der Waals surface area contributed by atoms with Crippen LogP contribution in [-0.4, -0.2) is 14.5 Å². The lowest BCUT2D eigenvalue weighted by Gasteiger charge is -2.04. The molecule has 0 amide bonds. The van der Waals surface area contributed by atoms with Crippen LogP contribution in [0.1, 0.15) is 0 Å². The lowest BCUT2D eigenvalue weighted by atomic mass is 10.1. The van der Waals surface area contributed by atoms with Gasteiger partial charge in [0.2, 0.25) is 0 Å². The predicted octanol–water partition coefficient (Wildman–Crippen LogP) is 1.94. The minimum Gasteiger partial charge on any atom is -0.291 e. The minimum atomic E-state index is -0.483. The first-order valence-electron chi connectivity index (χ1n) is 5.92. The molecule has 0 saturated heterocycles. The van der Waals surface area contributed by atoms with E-state index in [9.17, 15) is 9.59 Å². The first-order valence-corrected chi connectivity index (χ1v) is 6.30. The summed E-state index contributed by atoms with van der Waals surface area (Å²) in [5, 5.41) is 1.02. The summed E-state index contributed by atoms with van der Waals surface area (Å²) >= 11 is 5.84. The van der Waals surface area contributed by atoms with Crippen LogP contribution < -0.4 is 11.2 Å². The van der Waals surface area contributed by atoms with Gasteiger partial charge in [-0.05, 0) is 24.3 Å². The predicted molar refractivity (Wildman–Crippen MR) is 78.1 cm³/mol. The van der Waals surface area contributed by atoms with Gasteiger partial charge in [0.1, 0.15) is 5.65 Å². The molecule has 0 spiro atoms. The van der Waals surface area contributed by atoms with Crippen LogP contribution in [-0.2, 0) is 7.05 Å². The normalized spacial score (nSPS) is 10.9. The van der Waals surface area contributed by atoms with E-state index in [1.165, 1.54) is 7.05 Å². The number of nitrogens with zero attached hydrogens (tertiary/aromatic N) is 2. The summed E-state index contributed by atoms with van der Waals surface area (Å²) in [5.41, 5.74) is 0.962. The summed E-state index contributed by atoms with van der Waals surface area (Å²) in [6, 6.07) is 10.6. The molecule has 0 unspecified atom stereocenters. The van der Waals surface area contributed by atoms with Gasteiger partial charge in [0, 0.05) is 17.6 Å². The van der Waals surface area contributed by atoms with Gasteiger partial charge in [-0.25, -0.2) is 9.78 Å². The van der Waals surface area contributed by atoms with E-state index < -0.39 is 5.69 Å². The van der Waals surface area contributed by atoms with Crippen LogP contribution in [0.3, 0.4) is 0 Å². The Kier molecular flexibility index (Phi) is 2.91. The average Bonchev–Trinajstić information content (AvgIpc) is 2.45. The molecule has 0 bridgehead atoms. The highest BCUT2D eigenvalue weighted by atomic mass is 35.5. The minimum absolute atomic E-state index is 0.283. The fraction of sp³-hybridized carbons (Fsp3) is 0.0714. The molecule has 3 rings (SSSR count). The number of benzene rings is 1. The molecule has 0 aliphatic carbocycles. The van der Waals surface area contributed by atoms with Gasteiger partial charge in [0.15, 0.2) is 0 Å². The molecule has 2 aromatic heterocycles. The zero-order valence-electron chi connectivity index (χ0n) is 10.6. The van der Waals surface area contributed by atoms with Gasteiger partial charge < -0.3 is 0 Å². The van der Waals surface area contributed by atoms with Crippen molar-refractivity contribution in [3.8, 4) is 11.3 Å². The zero-order chi connectivity index (χ0) is 14.3. The van der Waals surface area contributed by atoms with Crippen molar-refractivity contribution < 1.29 is 0 Å². The summed E-state index contributed by atoms with van der Waals surface area (Å²) in [7, 11) is 1.42. The van der Waals surface area contributed by atoms with Gasteiger partial charge >= 0.3 is 5.69 Å². The smallest absolute Gasteiger partial charge is 0.291 e. The summed E-state index contributed by atoms with van der Waals surface area (Å²) in [5.74, 6) is 0. The quantitative estimate of drug-likeness (QED) is 0.744. The molecule has 0 saturated carbocycles. The maximum atomic E-state index is 11.9.